The number of carbonyl (C=O) groups is 1. The number of nitrogens with zero attached hydrogens (tertiary/aromatic N) is 3. The minimum Gasteiger partial charge on any atom is -0.325 e. The second-order valence-electron chi connectivity index (χ2n) is 8.32. The number of carbonyl (C=O) groups excluding carboxylic acids is 1. The molecular formula is C26H20ClFN4O3S2. The van der Waals surface area contributed by atoms with Gasteiger partial charge in [0.25, 0.3) is 10.0 Å². The van der Waals surface area contributed by atoms with Crippen molar-refractivity contribution in [1.29, 1.82) is 0 Å². The SMILES string of the molecule is Cc1ccc(F)cc1NC(=O)CSc1ncc2c(n1)-c1cc(Cl)ccc1N(Cc1ccccc1)S2(=O)=O. The van der Waals surface area contributed by atoms with E-state index in [9.17, 15) is 17.6 Å². The lowest BCUT2D eigenvalue weighted by Gasteiger charge is -2.31. The molecule has 188 valence electrons. The summed E-state index contributed by atoms with van der Waals surface area (Å²) in [7, 11) is -3.96. The molecule has 1 aliphatic heterocycles. The van der Waals surface area contributed by atoms with Crippen LogP contribution in [-0.4, -0.2) is 30.0 Å². The predicted molar refractivity (Wildman–Crippen MR) is 143 cm³/mol. The molecule has 37 heavy (non-hydrogen) atoms. The largest absolute Gasteiger partial charge is 0.325 e. The monoisotopic (exact) mass is 554 g/mol. The van der Waals surface area contributed by atoms with Crippen LogP contribution in [-0.2, 0) is 21.4 Å². The highest BCUT2D eigenvalue weighted by atomic mass is 35.5. The minimum absolute atomic E-state index is 0.0395. The van der Waals surface area contributed by atoms with E-state index in [1.165, 1.54) is 22.6 Å². The quantitative estimate of drug-likeness (QED) is 0.243. The van der Waals surface area contributed by atoms with Crippen LogP contribution in [0.2, 0.25) is 5.02 Å². The van der Waals surface area contributed by atoms with Crippen LogP contribution in [0.4, 0.5) is 15.8 Å². The van der Waals surface area contributed by atoms with Crippen LogP contribution in [0.3, 0.4) is 0 Å². The summed E-state index contributed by atoms with van der Waals surface area (Å²) in [4.78, 5) is 21.1. The zero-order chi connectivity index (χ0) is 26.2. The van der Waals surface area contributed by atoms with Crippen LogP contribution < -0.4 is 9.62 Å². The van der Waals surface area contributed by atoms with Gasteiger partial charge < -0.3 is 5.32 Å². The van der Waals surface area contributed by atoms with Gasteiger partial charge in [0.15, 0.2) is 5.16 Å². The number of fused-ring (bicyclic) bond motifs is 3. The van der Waals surface area contributed by atoms with Crippen molar-refractivity contribution >= 4 is 50.7 Å². The van der Waals surface area contributed by atoms with E-state index in [1.54, 1.807) is 31.2 Å². The first-order valence-corrected chi connectivity index (χ1v) is 13.9. The number of halogens is 2. The number of amides is 1. The van der Waals surface area contributed by atoms with Crippen molar-refractivity contribution in [2.75, 3.05) is 15.4 Å². The molecule has 0 unspecified atom stereocenters. The summed E-state index contributed by atoms with van der Waals surface area (Å²) in [5, 5.41) is 3.33. The van der Waals surface area contributed by atoms with Crippen molar-refractivity contribution in [2.24, 2.45) is 0 Å². The molecule has 0 atom stereocenters. The summed E-state index contributed by atoms with van der Waals surface area (Å²) < 4.78 is 42.1. The number of rotatable bonds is 6. The number of anilines is 2. The highest BCUT2D eigenvalue weighted by Gasteiger charge is 2.37. The first-order valence-electron chi connectivity index (χ1n) is 11.1. The van der Waals surface area contributed by atoms with E-state index in [0.717, 1.165) is 22.9 Å². The number of nitrogens with one attached hydrogen (secondary N) is 1. The van der Waals surface area contributed by atoms with Crippen LogP contribution >= 0.6 is 23.4 Å². The third-order valence-corrected chi connectivity index (χ3v) is 8.62. The minimum atomic E-state index is -3.96. The molecule has 0 aliphatic carbocycles. The zero-order valence-electron chi connectivity index (χ0n) is 19.5. The van der Waals surface area contributed by atoms with Gasteiger partial charge in [-0.1, -0.05) is 59.8 Å². The van der Waals surface area contributed by atoms with Gasteiger partial charge in [0.1, 0.15) is 10.7 Å². The van der Waals surface area contributed by atoms with Gasteiger partial charge in [0.05, 0.1) is 29.9 Å². The van der Waals surface area contributed by atoms with Crippen molar-refractivity contribution in [3.8, 4) is 11.3 Å². The Labute approximate surface area is 222 Å². The maximum atomic E-state index is 13.6. The lowest BCUT2D eigenvalue weighted by Crippen LogP contribution is -2.34. The van der Waals surface area contributed by atoms with E-state index in [-0.39, 0.29) is 34.0 Å². The average molecular weight is 555 g/mol. The van der Waals surface area contributed by atoms with Gasteiger partial charge in [-0.2, -0.15) is 0 Å². The van der Waals surface area contributed by atoms with E-state index in [1.807, 2.05) is 30.3 Å². The second-order valence-corrected chi connectivity index (χ2v) is 11.5. The third kappa shape index (κ3) is 5.18. The number of aromatic nitrogens is 2. The van der Waals surface area contributed by atoms with Crippen molar-refractivity contribution in [3.05, 3.63) is 94.9 Å². The maximum absolute atomic E-state index is 13.6. The highest BCUT2D eigenvalue weighted by Crippen LogP contribution is 2.44. The highest BCUT2D eigenvalue weighted by molar-refractivity contribution is 7.99. The predicted octanol–water partition coefficient (Wildman–Crippen LogP) is 5.68. The van der Waals surface area contributed by atoms with E-state index < -0.39 is 15.8 Å². The molecule has 5 rings (SSSR count). The topological polar surface area (TPSA) is 92.3 Å². The van der Waals surface area contributed by atoms with Crippen LogP contribution in [0.25, 0.3) is 11.3 Å². The van der Waals surface area contributed by atoms with E-state index in [4.69, 9.17) is 11.6 Å². The zero-order valence-corrected chi connectivity index (χ0v) is 21.9. The standard InChI is InChI=1S/C26H20ClFN4O3S2/c1-16-7-9-19(28)12-21(16)30-24(33)15-36-26-29-13-23-25(31-26)20-11-18(27)8-10-22(20)32(37(23,34)35)14-17-5-3-2-4-6-17/h2-13H,14-15H2,1H3,(H,30,33). The van der Waals surface area contributed by atoms with E-state index >= 15 is 0 Å². The molecule has 1 N–H and O–H groups in total. The Kier molecular flexibility index (Phi) is 6.89. The van der Waals surface area contributed by atoms with Crippen molar-refractivity contribution in [2.45, 2.75) is 23.5 Å². The molecular weight excluding hydrogens is 535 g/mol. The van der Waals surface area contributed by atoms with Crippen molar-refractivity contribution in [3.63, 3.8) is 0 Å². The van der Waals surface area contributed by atoms with Crippen LogP contribution in [0, 0.1) is 12.7 Å². The van der Waals surface area contributed by atoms with Gasteiger partial charge >= 0.3 is 0 Å². The molecule has 1 aromatic heterocycles. The molecule has 0 saturated heterocycles. The summed E-state index contributed by atoms with van der Waals surface area (Å²) in [5.74, 6) is -0.874. The van der Waals surface area contributed by atoms with Crippen LogP contribution in [0.15, 0.2) is 83.0 Å². The Morgan fingerprint density at radius 1 is 1.11 bits per heavy atom. The molecule has 1 aliphatic rings. The fourth-order valence-corrected chi connectivity index (χ4v) is 6.28. The van der Waals surface area contributed by atoms with Gasteiger partial charge in [-0.15, -0.1) is 0 Å². The summed E-state index contributed by atoms with van der Waals surface area (Å²) in [6.07, 6.45) is 1.26. The van der Waals surface area contributed by atoms with Gasteiger partial charge in [-0.3, -0.25) is 9.10 Å². The lowest BCUT2D eigenvalue weighted by atomic mass is 10.1. The number of hydrogen-bond donors (Lipinski definition) is 1. The van der Waals surface area contributed by atoms with Crippen LogP contribution in [0.1, 0.15) is 11.1 Å². The Morgan fingerprint density at radius 2 is 1.89 bits per heavy atom. The Morgan fingerprint density at radius 3 is 2.68 bits per heavy atom. The van der Waals surface area contributed by atoms with Crippen molar-refractivity contribution in [1.82, 2.24) is 9.97 Å². The molecule has 0 radical (unpaired) electrons. The van der Waals surface area contributed by atoms with Gasteiger partial charge in [-0.25, -0.2) is 22.8 Å². The molecule has 1 amide bonds. The Bertz CT molecular complexity index is 1620. The fraction of sp³-hybridized carbons (Fsp3) is 0.115. The first kappa shape index (κ1) is 25.2. The molecule has 0 bridgehead atoms. The number of hydrogen-bond acceptors (Lipinski definition) is 6. The smallest absolute Gasteiger partial charge is 0.268 e. The first-order chi connectivity index (χ1) is 17.7. The summed E-state index contributed by atoms with van der Waals surface area (Å²) in [5.41, 5.74) is 3.16. The molecule has 0 spiro atoms. The summed E-state index contributed by atoms with van der Waals surface area (Å²) in [6, 6.07) is 18.4. The summed E-state index contributed by atoms with van der Waals surface area (Å²) in [6.45, 7) is 1.90. The molecule has 11 heteroatoms. The maximum Gasteiger partial charge on any atom is 0.268 e. The third-order valence-electron chi connectivity index (χ3n) is 5.76. The number of benzene rings is 3. The molecule has 2 heterocycles. The Hall–Kier alpha value is -3.47. The average Bonchev–Trinajstić information content (AvgIpc) is 2.88. The molecule has 7 nitrogen and oxygen atoms in total. The van der Waals surface area contributed by atoms with E-state index in [0.29, 0.717) is 22.0 Å². The fourth-order valence-electron chi connectivity index (χ4n) is 3.93. The van der Waals surface area contributed by atoms with Gasteiger partial charge in [0, 0.05) is 16.3 Å². The van der Waals surface area contributed by atoms with Crippen molar-refractivity contribution < 1.29 is 17.6 Å². The lowest BCUT2D eigenvalue weighted by molar-refractivity contribution is -0.113. The van der Waals surface area contributed by atoms with Crippen LogP contribution in [0.5, 0.6) is 0 Å². The Balaban J connectivity index is 1.43. The number of sulfonamides is 1. The number of thioether (sulfide) groups is 1. The van der Waals surface area contributed by atoms with Gasteiger partial charge in [-0.05, 0) is 48.4 Å². The molecule has 0 saturated carbocycles. The molecule has 3 aromatic carbocycles. The summed E-state index contributed by atoms with van der Waals surface area (Å²) >= 11 is 7.31. The van der Waals surface area contributed by atoms with E-state index in [2.05, 4.69) is 15.3 Å². The molecule has 0 fully saturated rings. The second kappa shape index (κ2) is 10.1. The normalized spacial score (nSPS) is 13.5. The van der Waals surface area contributed by atoms with Gasteiger partial charge in [0.2, 0.25) is 5.91 Å². The number of aryl methyl sites for hydroxylation is 1. The molecule has 4 aromatic rings.